The van der Waals surface area contributed by atoms with E-state index < -0.39 is 5.97 Å². The molecule has 0 spiro atoms. The third-order valence-electron chi connectivity index (χ3n) is 5.98. The van der Waals surface area contributed by atoms with Gasteiger partial charge in [-0.25, -0.2) is 4.79 Å². The second-order valence-corrected chi connectivity index (χ2v) is 8.96. The minimum Gasteiger partial charge on any atom is -0.494 e. The number of nitrogens with zero attached hydrogens (tertiary/aromatic N) is 1. The Balaban J connectivity index is 1.62. The first-order valence-electron chi connectivity index (χ1n) is 11.9. The van der Waals surface area contributed by atoms with E-state index in [-0.39, 0.29) is 23.8 Å². The van der Waals surface area contributed by atoms with Crippen molar-refractivity contribution in [3.63, 3.8) is 0 Å². The molecule has 1 saturated heterocycles. The number of H-pyrrole nitrogens is 1. The van der Waals surface area contributed by atoms with Crippen molar-refractivity contribution in [2.24, 2.45) is 5.92 Å². The van der Waals surface area contributed by atoms with Crippen LogP contribution in [0.15, 0.2) is 24.3 Å². The minimum absolute atomic E-state index is 0.0630. The maximum absolute atomic E-state index is 13.3. The number of aromatic nitrogens is 1. The highest BCUT2D eigenvalue weighted by Crippen LogP contribution is 2.24. The molecule has 2 N–H and O–H groups in total. The summed E-state index contributed by atoms with van der Waals surface area (Å²) in [4.78, 5) is 43.3. The van der Waals surface area contributed by atoms with Gasteiger partial charge in [0.05, 0.1) is 24.2 Å². The van der Waals surface area contributed by atoms with Crippen LogP contribution in [-0.4, -0.2) is 53.5 Å². The Hall–Kier alpha value is -3.29. The molecule has 1 aromatic heterocycles. The average molecular weight is 470 g/mol. The molecular formula is C26H35N3O5. The Bertz CT molecular complexity index is 1030. The van der Waals surface area contributed by atoms with Crippen LogP contribution in [0.3, 0.4) is 0 Å². The zero-order chi connectivity index (χ0) is 24.8. The minimum atomic E-state index is -0.439. The molecule has 1 unspecified atom stereocenters. The summed E-state index contributed by atoms with van der Waals surface area (Å²) >= 11 is 0. The van der Waals surface area contributed by atoms with Crippen LogP contribution in [-0.2, 0) is 16.1 Å². The first-order valence-corrected chi connectivity index (χ1v) is 11.9. The van der Waals surface area contributed by atoms with Crippen molar-refractivity contribution in [1.29, 1.82) is 0 Å². The number of nitrogens with one attached hydrogen (secondary N) is 2. The first kappa shape index (κ1) is 25.3. The number of rotatable bonds is 8. The lowest BCUT2D eigenvalue weighted by Crippen LogP contribution is -2.45. The summed E-state index contributed by atoms with van der Waals surface area (Å²) in [5.41, 5.74) is 2.95. The topological polar surface area (TPSA) is 101 Å². The Kier molecular flexibility index (Phi) is 8.36. The molecule has 2 heterocycles. The third kappa shape index (κ3) is 5.98. The lowest BCUT2D eigenvalue weighted by Gasteiger charge is -2.32. The number of ether oxygens (including phenoxy) is 2. The van der Waals surface area contributed by atoms with Gasteiger partial charge >= 0.3 is 5.97 Å². The number of hydrogen-bond donors (Lipinski definition) is 2. The van der Waals surface area contributed by atoms with Gasteiger partial charge in [-0.1, -0.05) is 12.1 Å². The van der Waals surface area contributed by atoms with Crippen molar-refractivity contribution in [3.05, 3.63) is 52.3 Å². The van der Waals surface area contributed by atoms with E-state index in [9.17, 15) is 14.4 Å². The van der Waals surface area contributed by atoms with Crippen molar-refractivity contribution in [2.45, 2.75) is 60.1 Å². The molecule has 34 heavy (non-hydrogen) atoms. The number of hydrogen-bond acceptors (Lipinski definition) is 5. The Morgan fingerprint density at radius 3 is 2.53 bits per heavy atom. The molecule has 1 aliphatic rings. The summed E-state index contributed by atoms with van der Waals surface area (Å²) in [6.07, 6.45) is 1.23. The summed E-state index contributed by atoms with van der Waals surface area (Å²) in [5, 5.41) is 2.99. The van der Waals surface area contributed by atoms with Crippen molar-refractivity contribution in [3.8, 4) is 5.75 Å². The molecule has 1 aliphatic heterocycles. The number of likely N-dealkylation sites (tertiary alicyclic amines) is 1. The lowest BCUT2D eigenvalue weighted by atomic mass is 9.96. The molecule has 3 rings (SSSR count). The molecule has 8 nitrogen and oxygen atoms in total. The maximum Gasteiger partial charge on any atom is 0.340 e. The fourth-order valence-corrected chi connectivity index (χ4v) is 4.28. The summed E-state index contributed by atoms with van der Waals surface area (Å²) in [7, 11) is 0. The van der Waals surface area contributed by atoms with Gasteiger partial charge in [-0.15, -0.1) is 0 Å². The zero-order valence-corrected chi connectivity index (χ0v) is 20.7. The quantitative estimate of drug-likeness (QED) is 0.574. The number of amides is 2. The van der Waals surface area contributed by atoms with Crippen molar-refractivity contribution in [2.75, 3.05) is 19.7 Å². The van der Waals surface area contributed by atoms with E-state index in [0.717, 1.165) is 24.2 Å². The van der Waals surface area contributed by atoms with Crippen molar-refractivity contribution >= 4 is 17.8 Å². The fraction of sp³-hybridized carbons (Fsp3) is 0.500. The lowest BCUT2D eigenvalue weighted by molar-refractivity contribution is -0.126. The number of piperidine rings is 1. The van der Waals surface area contributed by atoms with E-state index in [1.54, 1.807) is 32.6 Å². The molecule has 2 amide bonds. The normalized spacial score (nSPS) is 15.8. The van der Waals surface area contributed by atoms with E-state index in [4.69, 9.17) is 9.47 Å². The van der Waals surface area contributed by atoms with E-state index in [1.807, 2.05) is 31.2 Å². The molecule has 0 bridgehead atoms. The van der Waals surface area contributed by atoms with E-state index in [1.165, 1.54) is 0 Å². The van der Waals surface area contributed by atoms with Gasteiger partial charge in [0.1, 0.15) is 11.4 Å². The van der Waals surface area contributed by atoms with Crippen LogP contribution in [0.1, 0.15) is 71.3 Å². The van der Waals surface area contributed by atoms with Crippen LogP contribution in [0.2, 0.25) is 0 Å². The summed E-state index contributed by atoms with van der Waals surface area (Å²) < 4.78 is 10.8. The first-order chi connectivity index (χ1) is 16.2. The number of esters is 1. The second-order valence-electron chi connectivity index (χ2n) is 8.96. The number of benzene rings is 1. The van der Waals surface area contributed by atoms with Crippen LogP contribution >= 0.6 is 0 Å². The van der Waals surface area contributed by atoms with Gasteiger partial charge < -0.3 is 24.7 Å². The Morgan fingerprint density at radius 1 is 1.18 bits per heavy atom. The highest BCUT2D eigenvalue weighted by atomic mass is 16.5. The predicted octanol–water partition coefficient (Wildman–Crippen LogP) is 3.76. The molecule has 1 aromatic carbocycles. The second kappa shape index (κ2) is 11.2. The van der Waals surface area contributed by atoms with Gasteiger partial charge in [0, 0.05) is 25.3 Å². The monoisotopic (exact) mass is 469 g/mol. The van der Waals surface area contributed by atoms with Crippen molar-refractivity contribution < 1.29 is 23.9 Å². The van der Waals surface area contributed by atoms with E-state index in [0.29, 0.717) is 48.8 Å². The largest absolute Gasteiger partial charge is 0.494 e. The Morgan fingerprint density at radius 2 is 1.88 bits per heavy atom. The smallest absolute Gasteiger partial charge is 0.340 e. The van der Waals surface area contributed by atoms with Crippen LogP contribution in [0.4, 0.5) is 0 Å². The van der Waals surface area contributed by atoms with E-state index in [2.05, 4.69) is 10.3 Å². The van der Waals surface area contributed by atoms with Crippen LogP contribution in [0.5, 0.6) is 5.75 Å². The van der Waals surface area contributed by atoms with Gasteiger partial charge in [0.2, 0.25) is 5.91 Å². The predicted molar refractivity (Wildman–Crippen MR) is 129 cm³/mol. The molecule has 8 heteroatoms. The van der Waals surface area contributed by atoms with Crippen molar-refractivity contribution in [1.82, 2.24) is 15.2 Å². The summed E-state index contributed by atoms with van der Waals surface area (Å²) in [5.74, 6) is -0.178. The molecule has 2 aromatic rings. The highest BCUT2D eigenvalue weighted by molar-refractivity contribution is 6.00. The average Bonchev–Trinajstić information content (AvgIpc) is 3.11. The molecule has 1 atom stereocenters. The standard InChI is InChI=1S/C26H35N3O5/c1-6-33-21-11-9-19(10-12-21)14-27-24(30)20-8-7-13-29(15-20)25(31)23-17(4)22(18(5)28-23)26(32)34-16(2)3/h9-12,16,20,28H,6-8,13-15H2,1-5H3,(H,27,30). The maximum atomic E-state index is 13.3. The van der Waals surface area contributed by atoms with Gasteiger partial charge in [0.25, 0.3) is 5.91 Å². The number of aryl methyl sites for hydroxylation is 1. The van der Waals surface area contributed by atoms with Gasteiger partial charge in [-0.05, 0) is 70.7 Å². The van der Waals surface area contributed by atoms with E-state index >= 15 is 0 Å². The molecular weight excluding hydrogens is 434 g/mol. The molecule has 0 aliphatic carbocycles. The molecule has 184 valence electrons. The molecule has 1 fully saturated rings. The molecule has 0 saturated carbocycles. The van der Waals surface area contributed by atoms with Crippen LogP contribution in [0, 0.1) is 19.8 Å². The van der Waals surface area contributed by atoms with Crippen LogP contribution < -0.4 is 10.1 Å². The van der Waals surface area contributed by atoms with Crippen LogP contribution in [0.25, 0.3) is 0 Å². The number of carbonyl (C=O) groups is 3. The third-order valence-corrected chi connectivity index (χ3v) is 5.98. The number of carbonyl (C=O) groups excluding carboxylic acids is 3. The fourth-order valence-electron chi connectivity index (χ4n) is 4.28. The number of aromatic amines is 1. The summed E-state index contributed by atoms with van der Waals surface area (Å²) in [6, 6.07) is 7.64. The summed E-state index contributed by atoms with van der Waals surface area (Å²) in [6.45, 7) is 11.0. The highest BCUT2D eigenvalue weighted by Gasteiger charge is 2.32. The SMILES string of the molecule is CCOc1ccc(CNC(=O)C2CCCN(C(=O)c3[nH]c(C)c(C(=O)OC(C)C)c3C)C2)cc1. The zero-order valence-electron chi connectivity index (χ0n) is 20.7. The van der Waals surface area contributed by atoms with Gasteiger partial charge in [-0.3, -0.25) is 9.59 Å². The van der Waals surface area contributed by atoms with Gasteiger partial charge in [0.15, 0.2) is 0 Å². The van der Waals surface area contributed by atoms with Gasteiger partial charge in [-0.2, -0.15) is 0 Å². The molecule has 0 radical (unpaired) electrons. The Labute approximate surface area is 201 Å².